The van der Waals surface area contributed by atoms with Crippen molar-refractivity contribution in [3.8, 4) is 0 Å². The Bertz CT molecular complexity index is 1140. The summed E-state index contributed by atoms with van der Waals surface area (Å²) < 4.78 is 34.8. The van der Waals surface area contributed by atoms with Gasteiger partial charge in [-0.15, -0.1) is 0 Å². The molecule has 0 unspecified atom stereocenters. The fraction of sp³-hybridized carbons (Fsp3) is 0.464. The highest BCUT2D eigenvalue weighted by molar-refractivity contribution is 7.89. The van der Waals surface area contributed by atoms with Crippen LogP contribution >= 0.6 is 0 Å². The summed E-state index contributed by atoms with van der Waals surface area (Å²) >= 11 is 0. The number of hydrogen-bond donors (Lipinski definition) is 0. The summed E-state index contributed by atoms with van der Waals surface area (Å²) in [4.78, 5) is 13.7. The number of carbonyl (C=O) groups excluding carboxylic acids is 1. The van der Waals surface area contributed by atoms with Gasteiger partial charge in [-0.3, -0.25) is 0 Å². The molecule has 0 spiro atoms. The maximum absolute atomic E-state index is 13.6. The van der Waals surface area contributed by atoms with E-state index in [1.807, 2.05) is 37.3 Å². The molecule has 1 saturated carbocycles. The second kappa shape index (κ2) is 10.0. The van der Waals surface area contributed by atoms with E-state index in [1.54, 1.807) is 30.3 Å². The Labute approximate surface area is 203 Å². The molecule has 0 amide bonds. The zero-order valence-electron chi connectivity index (χ0n) is 20.5. The Balaban J connectivity index is 1.64. The van der Waals surface area contributed by atoms with Gasteiger partial charge in [-0.05, 0) is 55.2 Å². The van der Waals surface area contributed by atoms with Crippen LogP contribution in [-0.2, 0) is 19.6 Å². The van der Waals surface area contributed by atoms with Crippen LogP contribution in [-0.4, -0.2) is 31.3 Å². The van der Waals surface area contributed by atoms with Gasteiger partial charge >= 0.3 is 5.97 Å². The van der Waals surface area contributed by atoms with Crippen LogP contribution in [0.15, 0.2) is 71.1 Å². The highest BCUT2D eigenvalue weighted by atomic mass is 32.2. The van der Waals surface area contributed by atoms with E-state index in [4.69, 9.17) is 4.74 Å². The number of sulfonamides is 1. The van der Waals surface area contributed by atoms with Gasteiger partial charge in [0.2, 0.25) is 10.0 Å². The summed E-state index contributed by atoms with van der Waals surface area (Å²) in [6.45, 7) is 8.62. The molecule has 4 atom stereocenters. The molecule has 34 heavy (non-hydrogen) atoms. The summed E-state index contributed by atoms with van der Waals surface area (Å²) in [6, 6.07) is 15.5. The standard InChI is InChI=1S/C28H35NO4S/c1-19(2)24-15-12-21(4)18-26(24)33-28(30)25-16-17-29(27(25)22-8-6-5-7-9-22)34(31,32)23-13-10-20(3)11-14-23/h5-11,13-14,16,19,21,24,26-27H,12,15,17-18H2,1-4H3/t21-,24+,26-,27-/m0/s1. The minimum Gasteiger partial charge on any atom is -0.459 e. The van der Waals surface area contributed by atoms with Crippen LogP contribution in [0, 0.1) is 24.7 Å². The van der Waals surface area contributed by atoms with Gasteiger partial charge in [0.15, 0.2) is 0 Å². The van der Waals surface area contributed by atoms with Crippen LogP contribution in [0.5, 0.6) is 0 Å². The molecule has 2 aromatic rings. The largest absolute Gasteiger partial charge is 0.459 e. The smallest absolute Gasteiger partial charge is 0.336 e. The van der Waals surface area contributed by atoms with Crippen molar-refractivity contribution in [2.24, 2.45) is 17.8 Å². The maximum Gasteiger partial charge on any atom is 0.336 e. The van der Waals surface area contributed by atoms with Crippen molar-refractivity contribution < 1.29 is 17.9 Å². The van der Waals surface area contributed by atoms with Crippen molar-refractivity contribution in [2.45, 2.75) is 64.0 Å². The summed E-state index contributed by atoms with van der Waals surface area (Å²) in [5.41, 5.74) is 2.16. The lowest BCUT2D eigenvalue weighted by atomic mass is 9.75. The predicted octanol–water partition coefficient (Wildman–Crippen LogP) is 5.67. The molecule has 182 valence electrons. The minimum absolute atomic E-state index is 0.134. The number of aryl methyl sites for hydroxylation is 1. The van der Waals surface area contributed by atoms with Gasteiger partial charge in [-0.2, -0.15) is 4.31 Å². The summed E-state index contributed by atoms with van der Waals surface area (Å²) in [7, 11) is -3.81. The molecule has 0 radical (unpaired) electrons. The lowest BCUT2D eigenvalue weighted by molar-refractivity contribution is -0.151. The van der Waals surface area contributed by atoms with Gasteiger partial charge in [0.1, 0.15) is 6.10 Å². The first-order valence-corrected chi connectivity index (χ1v) is 13.7. The third-order valence-electron chi connectivity index (χ3n) is 7.27. The van der Waals surface area contributed by atoms with Crippen molar-refractivity contribution in [2.75, 3.05) is 6.54 Å². The highest BCUT2D eigenvalue weighted by Gasteiger charge is 2.42. The Kier molecular flexibility index (Phi) is 7.29. The molecule has 6 heteroatoms. The fourth-order valence-electron chi connectivity index (χ4n) is 5.27. The van der Waals surface area contributed by atoms with E-state index >= 15 is 0 Å². The molecule has 0 saturated heterocycles. The Morgan fingerprint density at radius 1 is 1.03 bits per heavy atom. The molecule has 0 N–H and O–H groups in total. The molecule has 0 aromatic heterocycles. The van der Waals surface area contributed by atoms with E-state index in [-0.39, 0.29) is 17.5 Å². The number of esters is 1. The number of hydrogen-bond acceptors (Lipinski definition) is 4. The van der Waals surface area contributed by atoms with Gasteiger partial charge in [0.05, 0.1) is 16.5 Å². The Morgan fingerprint density at radius 2 is 1.71 bits per heavy atom. The molecule has 2 aromatic carbocycles. The summed E-state index contributed by atoms with van der Waals surface area (Å²) in [5, 5.41) is 0. The van der Waals surface area contributed by atoms with Crippen LogP contribution in [0.4, 0.5) is 0 Å². The SMILES string of the molecule is Cc1ccc(S(=O)(=O)N2CC=C(C(=O)O[C@H]3C[C@@H](C)CC[C@@H]3C(C)C)[C@@H]2c2ccccc2)cc1. The number of ether oxygens (including phenoxy) is 1. The summed E-state index contributed by atoms with van der Waals surface area (Å²) in [6.07, 6.45) is 4.63. The monoisotopic (exact) mass is 481 g/mol. The van der Waals surface area contributed by atoms with Crippen LogP contribution < -0.4 is 0 Å². The van der Waals surface area contributed by atoms with Gasteiger partial charge in [0.25, 0.3) is 0 Å². The molecule has 2 aliphatic rings. The molecular formula is C28H35NO4S. The lowest BCUT2D eigenvalue weighted by Gasteiger charge is -2.37. The molecule has 1 fully saturated rings. The van der Waals surface area contributed by atoms with Crippen LogP contribution in [0.25, 0.3) is 0 Å². The molecule has 0 bridgehead atoms. The average molecular weight is 482 g/mol. The van der Waals surface area contributed by atoms with Crippen molar-refractivity contribution in [1.29, 1.82) is 0 Å². The molecular weight excluding hydrogens is 446 g/mol. The molecule has 1 aliphatic carbocycles. The lowest BCUT2D eigenvalue weighted by Crippen LogP contribution is -2.37. The van der Waals surface area contributed by atoms with Gasteiger partial charge in [-0.1, -0.05) is 81.3 Å². The normalized spacial score (nSPS) is 25.9. The molecule has 5 nitrogen and oxygen atoms in total. The third kappa shape index (κ3) is 4.98. The summed E-state index contributed by atoms with van der Waals surface area (Å²) in [5.74, 6) is 0.852. The minimum atomic E-state index is -3.81. The maximum atomic E-state index is 13.6. The second-order valence-electron chi connectivity index (χ2n) is 10.1. The third-order valence-corrected chi connectivity index (χ3v) is 9.12. The van der Waals surface area contributed by atoms with Crippen molar-refractivity contribution in [1.82, 2.24) is 4.31 Å². The van der Waals surface area contributed by atoms with E-state index in [0.29, 0.717) is 23.3 Å². The van der Waals surface area contributed by atoms with E-state index in [9.17, 15) is 13.2 Å². The zero-order chi connectivity index (χ0) is 24.5. The fourth-order valence-corrected chi connectivity index (χ4v) is 6.81. The van der Waals surface area contributed by atoms with E-state index in [2.05, 4.69) is 20.8 Å². The second-order valence-corrected chi connectivity index (χ2v) is 12.0. The first kappa shape index (κ1) is 24.7. The molecule has 1 aliphatic heterocycles. The number of carbonyl (C=O) groups is 1. The highest BCUT2D eigenvalue weighted by Crippen LogP contribution is 2.40. The Hall–Kier alpha value is -2.44. The van der Waals surface area contributed by atoms with Gasteiger partial charge in [-0.25, -0.2) is 13.2 Å². The number of benzene rings is 2. The average Bonchev–Trinajstić information content (AvgIpc) is 3.26. The zero-order valence-corrected chi connectivity index (χ0v) is 21.3. The van der Waals surface area contributed by atoms with E-state index < -0.39 is 22.0 Å². The van der Waals surface area contributed by atoms with Crippen LogP contribution in [0.2, 0.25) is 0 Å². The van der Waals surface area contributed by atoms with Crippen LogP contribution in [0.3, 0.4) is 0 Å². The number of nitrogens with zero attached hydrogens (tertiary/aromatic N) is 1. The predicted molar refractivity (Wildman–Crippen MR) is 134 cm³/mol. The molecule has 1 heterocycles. The first-order chi connectivity index (χ1) is 16.2. The van der Waals surface area contributed by atoms with E-state index in [1.165, 1.54) is 4.31 Å². The van der Waals surface area contributed by atoms with Crippen molar-refractivity contribution in [3.05, 3.63) is 77.4 Å². The van der Waals surface area contributed by atoms with E-state index in [0.717, 1.165) is 30.4 Å². The van der Waals surface area contributed by atoms with Gasteiger partial charge in [0, 0.05) is 6.54 Å². The quantitative estimate of drug-likeness (QED) is 0.499. The molecule has 4 rings (SSSR count). The Morgan fingerprint density at radius 3 is 2.35 bits per heavy atom. The number of rotatable bonds is 6. The first-order valence-electron chi connectivity index (χ1n) is 12.2. The van der Waals surface area contributed by atoms with Crippen molar-refractivity contribution in [3.63, 3.8) is 0 Å². The topological polar surface area (TPSA) is 63.7 Å². The van der Waals surface area contributed by atoms with Crippen LogP contribution in [0.1, 0.15) is 57.2 Å². The van der Waals surface area contributed by atoms with Gasteiger partial charge < -0.3 is 4.74 Å². The van der Waals surface area contributed by atoms with Crippen molar-refractivity contribution >= 4 is 16.0 Å².